The Labute approximate surface area is 159 Å². The van der Waals surface area contributed by atoms with Gasteiger partial charge < -0.3 is 15.7 Å². The molecule has 7 heteroatoms. The first-order chi connectivity index (χ1) is 10.7. The second kappa shape index (κ2) is 13.9. The molecule has 0 aliphatic rings. The topological polar surface area (TPSA) is 56.7 Å². The van der Waals surface area contributed by atoms with Crippen LogP contribution in [0.2, 0.25) is 0 Å². The van der Waals surface area contributed by atoms with Crippen LogP contribution in [0.25, 0.3) is 0 Å². The van der Waals surface area contributed by atoms with Gasteiger partial charge in [-0.15, -0.1) is 24.0 Å². The first-order valence-electron chi connectivity index (χ1n) is 7.62. The van der Waals surface area contributed by atoms with Gasteiger partial charge in [0.15, 0.2) is 5.96 Å². The number of hydrogen-bond acceptors (Lipinski definition) is 3. The van der Waals surface area contributed by atoms with E-state index >= 15 is 0 Å². The predicted molar refractivity (Wildman–Crippen MR) is 108 cm³/mol. The number of aliphatic hydroxyl groups is 1. The van der Waals surface area contributed by atoms with E-state index in [1.54, 1.807) is 18.2 Å². The molecular weight excluding hydrogens is 428 g/mol. The van der Waals surface area contributed by atoms with Crippen LogP contribution in [0.4, 0.5) is 4.39 Å². The van der Waals surface area contributed by atoms with E-state index in [4.69, 9.17) is 0 Å². The van der Waals surface area contributed by atoms with Crippen molar-refractivity contribution in [1.82, 2.24) is 10.6 Å². The monoisotopic (exact) mass is 455 g/mol. The fourth-order valence-electron chi connectivity index (χ4n) is 1.94. The molecule has 4 nitrogen and oxygen atoms in total. The number of nitrogens with zero attached hydrogens (tertiary/aromatic N) is 1. The van der Waals surface area contributed by atoms with Crippen molar-refractivity contribution in [3.8, 4) is 0 Å². The highest BCUT2D eigenvalue weighted by Crippen LogP contribution is 2.16. The maximum Gasteiger partial charge on any atom is 0.191 e. The van der Waals surface area contributed by atoms with Crippen LogP contribution in [0.3, 0.4) is 0 Å². The van der Waals surface area contributed by atoms with Gasteiger partial charge in [-0.1, -0.05) is 18.2 Å². The van der Waals surface area contributed by atoms with Gasteiger partial charge in [0, 0.05) is 18.7 Å². The lowest BCUT2D eigenvalue weighted by Gasteiger charge is -2.13. The molecule has 0 fully saturated rings. The number of thioether (sulfide) groups is 1. The number of rotatable bonds is 9. The number of hydrogen-bond donors (Lipinski definition) is 3. The Morgan fingerprint density at radius 2 is 2.04 bits per heavy atom. The normalized spacial score (nSPS) is 12.4. The van der Waals surface area contributed by atoms with E-state index in [1.165, 1.54) is 6.07 Å². The van der Waals surface area contributed by atoms with Gasteiger partial charge in [0.2, 0.25) is 0 Å². The molecule has 1 aromatic carbocycles. The fourth-order valence-corrected chi connectivity index (χ4v) is 2.43. The number of halogens is 2. The van der Waals surface area contributed by atoms with E-state index < -0.39 is 11.9 Å². The van der Waals surface area contributed by atoms with Crippen LogP contribution in [0.15, 0.2) is 29.3 Å². The lowest BCUT2D eigenvalue weighted by atomic mass is 10.1. The second-order valence-electron chi connectivity index (χ2n) is 4.88. The highest BCUT2D eigenvalue weighted by atomic mass is 127. The lowest BCUT2D eigenvalue weighted by molar-refractivity contribution is 0.182. The highest BCUT2D eigenvalue weighted by Gasteiger charge is 2.11. The van der Waals surface area contributed by atoms with Gasteiger partial charge in [-0.2, -0.15) is 11.8 Å². The molecule has 0 aliphatic carbocycles. The minimum Gasteiger partial charge on any atom is -0.386 e. The van der Waals surface area contributed by atoms with Crippen LogP contribution in [-0.2, 0) is 0 Å². The average molecular weight is 455 g/mol. The molecule has 0 amide bonds. The molecule has 0 radical (unpaired) electrons. The van der Waals surface area contributed by atoms with Crippen molar-refractivity contribution in [2.45, 2.75) is 25.9 Å². The summed E-state index contributed by atoms with van der Waals surface area (Å²) in [6.45, 7) is 3.69. The van der Waals surface area contributed by atoms with E-state index in [-0.39, 0.29) is 36.1 Å². The Bertz CT molecular complexity index is 463. The van der Waals surface area contributed by atoms with Crippen molar-refractivity contribution in [2.24, 2.45) is 4.99 Å². The van der Waals surface area contributed by atoms with Gasteiger partial charge in [-0.05, 0) is 37.8 Å². The van der Waals surface area contributed by atoms with Crippen molar-refractivity contribution in [3.05, 3.63) is 35.6 Å². The van der Waals surface area contributed by atoms with Gasteiger partial charge in [-0.3, -0.25) is 4.99 Å². The number of benzene rings is 1. The number of nitrogens with one attached hydrogen (secondary N) is 2. The maximum atomic E-state index is 13.6. The molecule has 1 rings (SSSR count). The zero-order valence-electron chi connectivity index (χ0n) is 13.7. The third kappa shape index (κ3) is 9.36. The summed E-state index contributed by atoms with van der Waals surface area (Å²) in [6, 6.07) is 6.24. The zero-order chi connectivity index (χ0) is 16.2. The first-order valence-corrected chi connectivity index (χ1v) is 9.02. The third-order valence-corrected chi connectivity index (χ3v) is 3.80. The Morgan fingerprint density at radius 3 is 2.70 bits per heavy atom. The predicted octanol–water partition coefficient (Wildman–Crippen LogP) is 3.18. The maximum absolute atomic E-state index is 13.6. The second-order valence-corrected chi connectivity index (χ2v) is 5.87. The molecule has 0 aliphatic heterocycles. The molecule has 132 valence electrons. The van der Waals surface area contributed by atoms with Crippen molar-refractivity contribution < 1.29 is 9.50 Å². The van der Waals surface area contributed by atoms with Gasteiger partial charge in [0.05, 0.1) is 6.54 Å². The average Bonchev–Trinajstić information content (AvgIpc) is 2.52. The van der Waals surface area contributed by atoms with Gasteiger partial charge in [0.25, 0.3) is 0 Å². The van der Waals surface area contributed by atoms with Crippen molar-refractivity contribution in [1.29, 1.82) is 0 Å². The number of guanidine groups is 1. The van der Waals surface area contributed by atoms with Gasteiger partial charge in [0.1, 0.15) is 11.9 Å². The summed E-state index contributed by atoms with van der Waals surface area (Å²) in [5.41, 5.74) is 0.280. The molecule has 0 saturated carbocycles. The van der Waals surface area contributed by atoms with Crippen molar-refractivity contribution in [2.75, 3.05) is 31.6 Å². The van der Waals surface area contributed by atoms with E-state index in [9.17, 15) is 9.50 Å². The van der Waals surface area contributed by atoms with Crippen LogP contribution in [0, 0.1) is 5.82 Å². The summed E-state index contributed by atoms with van der Waals surface area (Å²) >= 11 is 1.84. The Balaban J connectivity index is 0.00000484. The Hall–Kier alpha value is -0.540. The largest absolute Gasteiger partial charge is 0.386 e. The standard InChI is InChI=1S/C16H26FN3OS.HI/c1-3-18-16(19-10-6-7-11-22-2)20-12-15(21)13-8-4-5-9-14(13)17;/h4-5,8-9,15,21H,3,6-7,10-12H2,1-2H3,(H2,18,19,20);1H. The van der Waals surface area contributed by atoms with Gasteiger partial charge in [-0.25, -0.2) is 4.39 Å². The van der Waals surface area contributed by atoms with Crippen LogP contribution >= 0.6 is 35.7 Å². The summed E-state index contributed by atoms with van der Waals surface area (Å²) in [5, 5.41) is 16.4. The zero-order valence-corrected chi connectivity index (χ0v) is 16.9. The molecule has 0 heterocycles. The molecule has 1 aromatic rings. The summed E-state index contributed by atoms with van der Waals surface area (Å²) in [5.74, 6) is 1.41. The molecule has 0 saturated heterocycles. The Morgan fingerprint density at radius 1 is 1.30 bits per heavy atom. The van der Waals surface area contributed by atoms with E-state index in [1.807, 2.05) is 18.7 Å². The smallest absolute Gasteiger partial charge is 0.191 e. The quantitative estimate of drug-likeness (QED) is 0.232. The minimum absolute atomic E-state index is 0. The van der Waals surface area contributed by atoms with Crippen LogP contribution in [0.5, 0.6) is 0 Å². The summed E-state index contributed by atoms with van der Waals surface area (Å²) in [6.07, 6.45) is 3.39. The first kappa shape index (κ1) is 22.5. The Kier molecular flexibility index (Phi) is 13.5. The molecule has 1 unspecified atom stereocenters. The molecule has 3 N–H and O–H groups in total. The van der Waals surface area contributed by atoms with E-state index in [0.29, 0.717) is 5.96 Å². The number of aliphatic hydroxyl groups excluding tert-OH is 1. The fraction of sp³-hybridized carbons (Fsp3) is 0.562. The third-order valence-electron chi connectivity index (χ3n) is 3.10. The summed E-state index contributed by atoms with van der Waals surface area (Å²) in [7, 11) is 0. The lowest BCUT2D eigenvalue weighted by Crippen LogP contribution is -2.38. The highest BCUT2D eigenvalue weighted by molar-refractivity contribution is 14.0. The van der Waals surface area contributed by atoms with Crippen LogP contribution < -0.4 is 10.6 Å². The molecule has 23 heavy (non-hydrogen) atoms. The summed E-state index contributed by atoms with van der Waals surface area (Å²) < 4.78 is 13.6. The minimum atomic E-state index is -0.937. The van der Waals surface area contributed by atoms with Crippen molar-refractivity contribution in [3.63, 3.8) is 0 Å². The van der Waals surface area contributed by atoms with Crippen LogP contribution in [-0.4, -0.2) is 42.7 Å². The SMILES string of the molecule is CCNC(=NCC(O)c1ccccc1F)NCCCCSC.I. The molecule has 0 aromatic heterocycles. The number of aliphatic imine (C=N–C) groups is 1. The van der Waals surface area contributed by atoms with Crippen LogP contribution in [0.1, 0.15) is 31.4 Å². The molecule has 0 spiro atoms. The molecule has 0 bridgehead atoms. The molecular formula is C16H27FIN3OS. The van der Waals surface area contributed by atoms with Crippen molar-refractivity contribution >= 4 is 41.7 Å². The van der Waals surface area contributed by atoms with E-state index in [0.717, 1.165) is 31.7 Å². The summed E-state index contributed by atoms with van der Waals surface area (Å²) in [4.78, 5) is 4.32. The number of unbranched alkanes of at least 4 members (excludes halogenated alkanes) is 1. The van der Waals surface area contributed by atoms with E-state index in [2.05, 4.69) is 21.9 Å². The van der Waals surface area contributed by atoms with Gasteiger partial charge >= 0.3 is 0 Å². The molecule has 1 atom stereocenters.